The molecule has 11 heteroatoms. The zero-order valence-electron chi connectivity index (χ0n) is 16.2. The summed E-state index contributed by atoms with van der Waals surface area (Å²) in [5.41, 5.74) is 3.58. The van der Waals surface area contributed by atoms with Crippen molar-refractivity contribution in [1.29, 1.82) is 0 Å². The molecule has 0 fully saturated rings. The van der Waals surface area contributed by atoms with Gasteiger partial charge in [-0.25, -0.2) is 9.59 Å². The van der Waals surface area contributed by atoms with Gasteiger partial charge < -0.3 is 9.47 Å². The second kappa shape index (κ2) is 22.5. The van der Waals surface area contributed by atoms with Gasteiger partial charge >= 0.3 is 68.5 Å². The van der Waals surface area contributed by atoms with E-state index in [1.807, 2.05) is 13.8 Å². The van der Waals surface area contributed by atoms with Crippen molar-refractivity contribution in [2.75, 3.05) is 20.9 Å². The molecule has 0 aliphatic carbocycles. The molecule has 2 heterocycles. The van der Waals surface area contributed by atoms with E-state index in [4.69, 9.17) is 32.7 Å². The van der Waals surface area contributed by atoms with E-state index >= 15 is 0 Å². The Bertz CT molecular complexity index is 622. The zero-order chi connectivity index (χ0) is 23.6. The summed E-state index contributed by atoms with van der Waals surface area (Å²) in [6.45, 7) is 28.7. The van der Waals surface area contributed by atoms with Crippen LogP contribution < -0.4 is 0 Å². The van der Waals surface area contributed by atoms with E-state index in [0.29, 0.717) is 11.1 Å². The van der Waals surface area contributed by atoms with Crippen molar-refractivity contribution < 1.29 is 63.4 Å². The third-order valence-corrected chi connectivity index (χ3v) is 6.82. The molecule has 0 saturated carbocycles. The SMILES string of the molecule is COC(=O)C1=C(C(=O)OC)[C@@H]2C(C)=C(C)[C@H]1P2C.[C-]#[O+].[C-]#[O+].[C-]#[O+].[C-]#[O+].[C-]#[O+].[W]. The molecule has 0 N–H and O–H groups in total. The number of carbonyl (C=O) groups excluding carboxylic acids is 2. The molecule has 3 atom stereocenters. The molecule has 2 aliphatic heterocycles. The predicted octanol–water partition coefficient (Wildman–Crippen LogP) is 1.65. The fourth-order valence-electron chi connectivity index (χ4n) is 2.99. The summed E-state index contributed by atoms with van der Waals surface area (Å²) in [6, 6.07) is 0. The third kappa shape index (κ3) is 8.64. The average molecular weight is 592 g/mol. The third-order valence-electron chi connectivity index (χ3n) is 3.90. The first-order valence-corrected chi connectivity index (χ1v) is 8.70. The summed E-state index contributed by atoms with van der Waals surface area (Å²) >= 11 is 0. The monoisotopic (exact) mass is 592 g/mol. The van der Waals surface area contributed by atoms with Gasteiger partial charge in [0.15, 0.2) is 0 Å². The van der Waals surface area contributed by atoms with Crippen LogP contribution in [0.1, 0.15) is 13.8 Å². The van der Waals surface area contributed by atoms with E-state index in [1.165, 1.54) is 25.4 Å². The van der Waals surface area contributed by atoms with Crippen molar-refractivity contribution in [2.45, 2.75) is 25.2 Å². The molecule has 0 aromatic heterocycles. The molecule has 2 rings (SSSR count). The Kier molecular flexibility index (Phi) is 29.5. The van der Waals surface area contributed by atoms with Crippen molar-refractivity contribution in [2.24, 2.45) is 0 Å². The van der Waals surface area contributed by atoms with Crippen molar-refractivity contribution in [3.63, 3.8) is 0 Å². The van der Waals surface area contributed by atoms with Crippen LogP contribution in [0.25, 0.3) is 0 Å². The molecule has 0 amide bonds. The van der Waals surface area contributed by atoms with Gasteiger partial charge in [-0.05, 0) is 20.5 Å². The second-order valence-electron chi connectivity index (χ2n) is 4.65. The molecule has 0 spiro atoms. The predicted molar refractivity (Wildman–Crippen MR) is 89.5 cm³/mol. The Hall–Kier alpha value is -1.76. The van der Waals surface area contributed by atoms with Crippen LogP contribution in [0.3, 0.4) is 0 Å². The minimum absolute atomic E-state index is 0. The minimum atomic E-state index is -0.460. The molecule has 0 radical (unpaired) electrons. The van der Waals surface area contributed by atoms with Crippen LogP contribution in [0.15, 0.2) is 22.3 Å². The molecular formula is C18H17O9PW. The number of fused-ring (bicyclic) bond motifs is 2. The Morgan fingerprint density at radius 1 is 0.724 bits per heavy atom. The summed E-state index contributed by atoms with van der Waals surface area (Å²) < 4.78 is 47.2. The van der Waals surface area contributed by atoms with E-state index in [9.17, 15) is 9.59 Å². The van der Waals surface area contributed by atoms with Gasteiger partial charge in [-0.3, -0.25) is 0 Å². The van der Waals surface area contributed by atoms with Crippen LogP contribution >= 0.6 is 7.92 Å². The Morgan fingerprint density at radius 2 is 0.931 bits per heavy atom. The van der Waals surface area contributed by atoms with Crippen LogP contribution in [0, 0.1) is 33.3 Å². The van der Waals surface area contributed by atoms with E-state index in [2.05, 4.69) is 39.9 Å². The molecule has 29 heavy (non-hydrogen) atoms. The Morgan fingerprint density at radius 3 is 1.10 bits per heavy atom. The average Bonchev–Trinajstić information content (AvgIpc) is 3.21. The van der Waals surface area contributed by atoms with Gasteiger partial charge in [-0.2, -0.15) is 0 Å². The molecule has 0 aromatic rings. The Balaban J connectivity index is -0.000000153. The van der Waals surface area contributed by atoms with Gasteiger partial charge in [-0.15, -0.1) is 0 Å². The number of esters is 2. The first kappa shape index (κ1) is 37.9. The van der Waals surface area contributed by atoms with Crippen LogP contribution in [-0.4, -0.2) is 44.1 Å². The van der Waals surface area contributed by atoms with Crippen LogP contribution in [0.5, 0.6) is 0 Å². The van der Waals surface area contributed by atoms with E-state index in [1.54, 1.807) is 0 Å². The maximum Gasteiger partial charge on any atom is 0 e. The van der Waals surface area contributed by atoms with Gasteiger partial charge in [0.05, 0.1) is 25.4 Å². The van der Waals surface area contributed by atoms with Gasteiger partial charge in [0.2, 0.25) is 0 Å². The fourth-order valence-corrected chi connectivity index (χ4v) is 6.22. The number of ether oxygens (including phenoxy) is 2. The second-order valence-corrected chi connectivity index (χ2v) is 7.01. The van der Waals surface area contributed by atoms with Crippen molar-refractivity contribution >= 4 is 19.9 Å². The fraction of sp³-hybridized carbons (Fsp3) is 0.389. The van der Waals surface area contributed by atoms with Gasteiger partial charge in [-0.1, -0.05) is 19.1 Å². The molecule has 1 unspecified atom stereocenters. The summed E-state index contributed by atoms with van der Waals surface area (Å²) in [5, 5.41) is 0. The first-order valence-electron chi connectivity index (χ1n) is 6.77. The molecular weight excluding hydrogens is 575 g/mol. The number of hydrogen-bond donors (Lipinski definition) is 0. The first-order chi connectivity index (χ1) is 13.5. The quantitative estimate of drug-likeness (QED) is 0.158. The van der Waals surface area contributed by atoms with Gasteiger partial charge in [0.1, 0.15) is 0 Å². The van der Waals surface area contributed by atoms with Gasteiger partial charge in [0, 0.05) is 32.4 Å². The molecule has 2 aliphatic rings. The normalized spacial score (nSPS) is 18.9. The summed E-state index contributed by atoms with van der Waals surface area (Å²) in [5.74, 6) is -0.798. The summed E-state index contributed by atoms with van der Waals surface area (Å²) in [4.78, 5) is 23.9. The molecule has 2 bridgehead atoms. The molecule has 9 nitrogen and oxygen atoms in total. The topological polar surface area (TPSA) is 152 Å². The van der Waals surface area contributed by atoms with Crippen molar-refractivity contribution in [1.82, 2.24) is 0 Å². The van der Waals surface area contributed by atoms with Crippen LogP contribution in [-0.2, 0) is 63.4 Å². The smallest absolute Gasteiger partial charge is 0 e. The Labute approximate surface area is 184 Å². The van der Waals surface area contributed by atoms with E-state index in [0.717, 1.165) is 0 Å². The molecule has 154 valence electrons. The largest absolute Gasteiger partial charge is 0 e. The molecule has 0 aromatic carbocycles. The van der Waals surface area contributed by atoms with E-state index < -0.39 is 19.9 Å². The number of hydrogen-bond acceptors (Lipinski definition) is 4. The number of rotatable bonds is 2. The maximum atomic E-state index is 11.9. The number of carbonyl (C=O) groups is 2. The van der Waals surface area contributed by atoms with Crippen LogP contribution in [0.4, 0.5) is 0 Å². The number of allylic oxidation sites excluding steroid dienone is 2. The number of methoxy groups -OCH3 is 2. The molecule has 0 saturated heterocycles. The van der Waals surface area contributed by atoms with Crippen LogP contribution in [0.2, 0.25) is 0 Å². The summed E-state index contributed by atoms with van der Waals surface area (Å²) in [6.07, 6.45) is 0. The standard InChI is InChI=1S/C13H17O4P.5CO.W/c1-6-7(2)11-9(13(15)17-4)8(12(14)16-3)10(6)18(11)5;5*1-2;/h10-11H,1-5H3;;;;;;/t10-,11+,18?;;;;;;. The van der Waals surface area contributed by atoms with Crippen molar-refractivity contribution in [3.05, 3.63) is 55.5 Å². The van der Waals surface area contributed by atoms with E-state index in [-0.39, 0.29) is 32.4 Å². The van der Waals surface area contributed by atoms with Gasteiger partial charge in [0.25, 0.3) is 0 Å². The maximum absolute atomic E-state index is 11.9. The summed E-state index contributed by atoms with van der Waals surface area (Å²) in [7, 11) is 2.23. The zero-order valence-corrected chi connectivity index (χ0v) is 20.0. The van der Waals surface area contributed by atoms with Crippen molar-refractivity contribution in [3.8, 4) is 0 Å². The minimum Gasteiger partial charge on any atom is 0 e.